The summed E-state index contributed by atoms with van der Waals surface area (Å²) in [7, 11) is 0. The van der Waals surface area contributed by atoms with E-state index in [0.29, 0.717) is 12.1 Å². The topological polar surface area (TPSA) is 67.2 Å². The van der Waals surface area contributed by atoms with Crippen molar-refractivity contribution in [1.29, 1.82) is 0 Å². The summed E-state index contributed by atoms with van der Waals surface area (Å²) in [6.07, 6.45) is 0.467. The average Bonchev–Trinajstić information content (AvgIpc) is 2.90. The molecule has 0 fully saturated rings. The molecule has 23 heavy (non-hydrogen) atoms. The average molecular weight is 315 g/mol. The van der Waals surface area contributed by atoms with Crippen LogP contribution < -0.4 is 5.32 Å². The van der Waals surface area contributed by atoms with Crippen LogP contribution in [0.25, 0.3) is 0 Å². The molecule has 5 nitrogen and oxygen atoms in total. The Bertz CT molecular complexity index is 657. The van der Waals surface area contributed by atoms with E-state index in [0.717, 1.165) is 11.3 Å². The number of amides is 1. The molecule has 1 aromatic carbocycles. The summed E-state index contributed by atoms with van der Waals surface area (Å²) < 4.78 is 1.85. The fraction of sp³-hybridized carbons (Fsp3) is 0.444. The Kier molecular flexibility index (Phi) is 5.21. The van der Waals surface area contributed by atoms with Gasteiger partial charge in [0.2, 0.25) is 0 Å². The number of hydrogen-bond donors (Lipinski definition) is 2. The van der Waals surface area contributed by atoms with Gasteiger partial charge in [-0.05, 0) is 45.7 Å². The lowest BCUT2D eigenvalue weighted by Crippen LogP contribution is -2.30. The second-order valence-corrected chi connectivity index (χ2v) is 6.70. The Morgan fingerprint density at radius 3 is 2.48 bits per heavy atom. The Hall–Kier alpha value is -2.14. The number of aromatic nitrogens is 2. The monoisotopic (exact) mass is 315 g/mol. The molecule has 0 spiro atoms. The molecule has 0 aliphatic rings. The van der Waals surface area contributed by atoms with Gasteiger partial charge in [-0.25, -0.2) is 0 Å². The van der Waals surface area contributed by atoms with Gasteiger partial charge in [-0.1, -0.05) is 30.3 Å². The first-order chi connectivity index (χ1) is 10.8. The summed E-state index contributed by atoms with van der Waals surface area (Å²) in [5.41, 5.74) is 2.14. The minimum Gasteiger partial charge on any atom is -0.396 e. The highest BCUT2D eigenvalue weighted by molar-refractivity contribution is 5.92. The molecule has 0 saturated carbocycles. The Morgan fingerprint density at radius 2 is 1.96 bits per heavy atom. The zero-order chi connectivity index (χ0) is 17.0. The molecule has 0 saturated heterocycles. The minimum absolute atomic E-state index is 0.00923. The minimum atomic E-state index is -0.228. The third-order valence-corrected chi connectivity index (χ3v) is 3.68. The van der Waals surface area contributed by atoms with Crippen LogP contribution >= 0.6 is 0 Å². The maximum atomic E-state index is 12.5. The van der Waals surface area contributed by atoms with Gasteiger partial charge in [0.05, 0.1) is 11.6 Å². The molecule has 2 aromatic rings. The van der Waals surface area contributed by atoms with Gasteiger partial charge in [0.25, 0.3) is 5.91 Å². The van der Waals surface area contributed by atoms with E-state index in [1.165, 1.54) is 0 Å². The fourth-order valence-corrected chi connectivity index (χ4v) is 2.63. The standard InChI is InChI=1S/C18H25N3O2/c1-13-12-16(20-21(13)18(2,3)4)17(23)19-15(10-11-22)14-8-6-5-7-9-14/h5-9,12,15,22H,10-11H2,1-4H3,(H,19,23). The van der Waals surface area contributed by atoms with E-state index in [9.17, 15) is 9.90 Å². The molecule has 1 heterocycles. The number of benzene rings is 1. The molecule has 1 atom stereocenters. The van der Waals surface area contributed by atoms with Crippen LogP contribution in [0.1, 0.15) is 55.0 Å². The number of aliphatic hydroxyl groups is 1. The third kappa shape index (κ3) is 4.20. The fourth-order valence-electron chi connectivity index (χ4n) is 2.63. The van der Waals surface area contributed by atoms with Crippen LogP contribution in [0.4, 0.5) is 0 Å². The highest BCUT2D eigenvalue weighted by Crippen LogP contribution is 2.19. The van der Waals surface area contributed by atoms with Crippen LogP contribution in [-0.4, -0.2) is 27.4 Å². The molecule has 124 valence electrons. The molecule has 1 aromatic heterocycles. The van der Waals surface area contributed by atoms with Gasteiger partial charge in [-0.2, -0.15) is 5.10 Å². The highest BCUT2D eigenvalue weighted by Gasteiger charge is 2.22. The molecule has 1 unspecified atom stereocenters. The molecular formula is C18H25N3O2. The van der Waals surface area contributed by atoms with Crippen LogP contribution in [0.2, 0.25) is 0 Å². The van der Waals surface area contributed by atoms with Gasteiger partial charge in [0.1, 0.15) is 5.69 Å². The number of nitrogens with zero attached hydrogens (tertiary/aromatic N) is 2. The quantitative estimate of drug-likeness (QED) is 0.891. The predicted octanol–water partition coefficient (Wildman–Crippen LogP) is 2.80. The largest absolute Gasteiger partial charge is 0.396 e. The lowest BCUT2D eigenvalue weighted by molar-refractivity contribution is 0.0923. The molecule has 2 N–H and O–H groups in total. The van der Waals surface area contributed by atoms with Gasteiger partial charge in [0.15, 0.2) is 0 Å². The smallest absolute Gasteiger partial charge is 0.272 e. The number of carbonyl (C=O) groups is 1. The molecule has 1 amide bonds. The summed E-state index contributed by atoms with van der Waals surface area (Å²) in [6, 6.07) is 11.2. The van der Waals surface area contributed by atoms with Crippen LogP contribution in [-0.2, 0) is 5.54 Å². The van der Waals surface area contributed by atoms with Crippen molar-refractivity contribution in [3.05, 3.63) is 53.3 Å². The van der Waals surface area contributed by atoms with Gasteiger partial charge < -0.3 is 10.4 Å². The molecule has 0 aliphatic heterocycles. The van der Waals surface area contributed by atoms with E-state index in [1.54, 1.807) is 6.07 Å². The third-order valence-electron chi connectivity index (χ3n) is 3.68. The first-order valence-corrected chi connectivity index (χ1v) is 7.86. The second kappa shape index (κ2) is 6.96. The second-order valence-electron chi connectivity index (χ2n) is 6.70. The van der Waals surface area contributed by atoms with Crippen molar-refractivity contribution in [3.8, 4) is 0 Å². The van der Waals surface area contributed by atoms with Crippen molar-refractivity contribution in [1.82, 2.24) is 15.1 Å². The van der Waals surface area contributed by atoms with Crippen LogP contribution in [0.3, 0.4) is 0 Å². The summed E-state index contributed by atoms with van der Waals surface area (Å²) in [6.45, 7) is 8.10. The van der Waals surface area contributed by atoms with E-state index in [1.807, 2.05) is 62.7 Å². The van der Waals surface area contributed by atoms with Crippen molar-refractivity contribution in [2.24, 2.45) is 0 Å². The summed E-state index contributed by atoms with van der Waals surface area (Å²) in [5.74, 6) is -0.224. The Balaban J connectivity index is 2.20. The molecular weight excluding hydrogens is 290 g/mol. The maximum absolute atomic E-state index is 12.5. The SMILES string of the molecule is Cc1cc(C(=O)NC(CCO)c2ccccc2)nn1C(C)(C)C. The van der Waals surface area contributed by atoms with E-state index in [2.05, 4.69) is 10.4 Å². The lowest BCUT2D eigenvalue weighted by Gasteiger charge is -2.21. The predicted molar refractivity (Wildman–Crippen MR) is 90.3 cm³/mol. The molecule has 2 rings (SSSR count). The van der Waals surface area contributed by atoms with Gasteiger partial charge in [-0.15, -0.1) is 0 Å². The van der Waals surface area contributed by atoms with E-state index >= 15 is 0 Å². The normalized spacial score (nSPS) is 12.9. The maximum Gasteiger partial charge on any atom is 0.272 e. The number of hydrogen-bond acceptors (Lipinski definition) is 3. The Morgan fingerprint density at radius 1 is 1.30 bits per heavy atom. The van der Waals surface area contributed by atoms with Crippen molar-refractivity contribution in [2.75, 3.05) is 6.61 Å². The summed E-state index contributed by atoms with van der Waals surface area (Å²) >= 11 is 0. The number of nitrogens with one attached hydrogen (secondary N) is 1. The van der Waals surface area contributed by atoms with Crippen molar-refractivity contribution in [2.45, 2.75) is 45.7 Å². The summed E-state index contributed by atoms with van der Waals surface area (Å²) in [5, 5.41) is 16.7. The van der Waals surface area contributed by atoms with E-state index < -0.39 is 0 Å². The molecule has 0 radical (unpaired) electrons. The zero-order valence-corrected chi connectivity index (χ0v) is 14.2. The Labute approximate surface area is 137 Å². The van der Waals surface area contributed by atoms with Gasteiger partial charge in [-0.3, -0.25) is 9.48 Å². The lowest BCUT2D eigenvalue weighted by atomic mass is 10.0. The molecule has 5 heteroatoms. The van der Waals surface area contributed by atoms with Crippen LogP contribution in [0.15, 0.2) is 36.4 Å². The van der Waals surface area contributed by atoms with Crippen LogP contribution in [0, 0.1) is 6.92 Å². The molecule has 0 aliphatic carbocycles. The first kappa shape index (κ1) is 17.2. The van der Waals surface area contributed by atoms with Crippen LogP contribution in [0.5, 0.6) is 0 Å². The summed E-state index contributed by atoms with van der Waals surface area (Å²) in [4.78, 5) is 12.5. The van der Waals surface area contributed by atoms with Crippen molar-refractivity contribution >= 4 is 5.91 Å². The number of carbonyl (C=O) groups excluding carboxylic acids is 1. The molecule has 0 bridgehead atoms. The van der Waals surface area contributed by atoms with E-state index in [-0.39, 0.29) is 24.1 Å². The number of rotatable bonds is 5. The van der Waals surface area contributed by atoms with Gasteiger partial charge >= 0.3 is 0 Å². The first-order valence-electron chi connectivity index (χ1n) is 7.86. The highest BCUT2D eigenvalue weighted by atomic mass is 16.3. The van der Waals surface area contributed by atoms with Gasteiger partial charge in [0, 0.05) is 12.3 Å². The van der Waals surface area contributed by atoms with Crippen molar-refractivity contribution in [3.63, 3.8) is 0 Å². The van der Waals surface area contributed by atoms with Crippen molar-refractivity contribution < 1.29 is 9.90 Å². The van der Waals surface area contributed by atoms with E-state index in [4.69, 9.17) is 0 Å². The number of aryl methyl sites for hydroxylation is 1. The zero-order valence-electron chi connectivity index (χ0n) is 14.2. The number of aliphatic hydroxyl groups excluding tert-OH is 1.